The lowest BCUT2D eigenvalue weighted by atomic mass is 9.96. The van der Waals surface area contributed by atoms with Crippen molar-refractivity contribution in [3.63, 3.8) is 0 Å². The number of aromatic carboxylic acids is 1. The summed E-state index contributed by atoms with van der Waals surface area (Å²) in [5.74, 6) is -0.319. The highest BCUT2D eigenvalue weighted by atomic mass is 32.1. The van der Waals surface area contributed by atoms with E-state index in [1.165, 1.54) is 18.3 Å². The van der Waals surface area contributed by atoms with Gasteiger partial charge in [-0.05, 0) is 24.8 Å². The Morgan fingerprint density at radius 2 is 2.16 bits per heavy atom. The van der Waals surface area contributed by atoms with Crippen LogP contribution in [0.25, 0.3) is 0 Å². The number of nitrogens with zero attached hydrogens (tertiary/aromatic N) is 1. The summed E-state index contributed by atoms with van der Waals surface area (Å²) in [7, 11) is 0. The molecule has 0 radical (unpaired) electrons. The second-order valence-corrected chi connectivity index (χ2v) is 5.75. The third-order valence-electron chi connectivity index (χ3n) is 3.42. The second kappa shape index (κ2) is 6.06. The highest BCUT2D eigenvalue weighted by Gasteiger charge is 2.21. The number of carboxylic acid groups (broad SMARTS) is 1. The SMILES string of the molecule is CC(=O)NCC1CCN(c2csc(C(=O)O)c2)CC1. The molecular weight excluding hydrogens is 264 g/mol. The molecule has 0 bridgehead atoms. The number of carbonyl (C=O) groups is 2. The average molecular weight is 282 g/mol. The van der Waals surface area contributed by atoms with Crippen LogP contribution in [0.3, 0.4) is 0 Å². The molecule has 0 aliphatic carbocycles. The van der Waals surface area contributed by atoms with Crippen LogP contribution >= 0.6 is 11.3 Å². The van der Waals surface area contributed by atoms with Crippen molar-refractivity contribution in [3.8, 4) is 0 Å². The van der Waals surface area contributed by atoms with Gasteiger partial charge in [-0.3, -0.25) is 4.79 Å². The van der Waals surface area contributed by atoms with Crippen molar-refractivity contribution in [1.82, 2.24) is 5.32 Å². The summed E-state index contributed by atoms with van der Waals surface area (Å²) in [4.78, 5) is 24.3. The van der Waals surface area contributed by atoms with Gasteiger partial charge in [-0.2, -0.15) is 0 Å². The molecule has 1 aromatic rings. The van der Waals surface area contributed by atoms with E-state index < -0.39 is 5.97 Å². The molecule has 1 aliphatic heterocycles. The smallest absolute Gasteiger partial charge is 0.345 e. The zero-order valence-corrected chi connectivity index (χ0v) is 11.7. The van der Waals surface area contributed by atoms with E-state index in [1.54, 1.807) is 6.07 Å². The minimum absolute atomic E-state index is 0.0198. The van der Waals surface area contributed by atoms with E-state index in [2.05, 4.69) is 10.2 Å². The van der Waals surface area contributed by atoms with Crippen molar-refractivity contribution in [3.05, 3.63) is 16.3 Å². The van der Waals surface area contributed by atoms with Gasteiger partial charge in [-0.25, -0.2) is 4.79 Å². The van der Waals surface area contributed by atoms with Gasteiger partial charge >= 0.3 is 5.97 Å². The summed E-state index contributed by atoms with van der Waals surface area (Å²) < 4.78 is 0. The van der Waals surface area contributed by atoms with Crippen molar-refractivity contribution in [2.24, 2.45) is 5.92 Å². The largest absolute Gasteiger partial charge is 0.477 e. The number of hydrogen-bond acceptors (Lipinski definition) is 4. The Bertz CT molecular complexity index is 464. The molecular formula is C13H18N2O3S. The van der Waals surface area contributed by atoms with Crippen molar-refractivity contribution >= 4 is 28.9 Å². The van der Waals surface area contributed by atoms with Crippen molar-refractivity contribution < 1.29 is 14.7 Å². The maximum atomic E-state index is 10.9. The van der Waals surface area contributed by atoms with Gasteiger partial charge in [0.25, 0.3) is 0 Å². The van der Waals surface area contributed by atoms with Crippen LogP contribution in [0.2, 0.25) is 0 Å². The maximum Gasteiger partial charge on any atom is 0.345 e. The molecule has 1 saturated heterocycles. The Balaban J connectivity index is 1.85. The number of carbonyl (C=O) groups excluding carboxylic acids is 1. The van der Waals surface area contributed by atoms with Crippen LogP contribution in [0.1, 0.15) is 29.4 Å². The van der Waals surface area contributed by atoms with Crippen molar-refractivity contribution in [2.75, 3.05) is 24.5 Å². The molecule has 6 heteroatoms. The summed E-state index contributed by atoms with van der Waals surface area (Å²) >= 11 is 1.27. The molecule has 1 aliphatic rings. The topological polar surface area (TPSA) is 69.6 Å². The quantitative estimate of drug-likeness (QED) is 0.883. The maximum absolute atomic E-state index is 10.9. The number of carboxylic acids is 1. The van der Waals surface area contributed by atoms with E-state index in [0.29, 0.717) is 10.8 Å². The first kappa shape index (κ1) is 13.9. The number of thiophene rings is 1. The molecule has 1 fully saturated rings. The molecule has 0 atom stereocenters. The molecule has 0 unspecified atom stereocenters. The van der Waals surface area contributed by atoms with Crippen LogP contribution in [0.5, 0.6) is 0 Å². The molecule has 19 heavy (non-hydrogen) atoms. The number of nitrogens with one attached hydrogen (secondary N) is 1. The molecule has 104 valence electrons. The summed E-state index contributed by atoms with van der Waals surface area (Å²) in [6.45, 7) is 4.11. The first-order chi connectivity index (χ1) is 9.06. The van der Waals surface area contributed by atoms with Crippen LogP contribution in [-0.2, 0) is 4.79 Å². The summed E-state index contributed by atoms with van der Waals surface area (Å²) in [5.41, 5.74) is 1.00. The van der Waals surface area contributed by atoms with Gasteiger partial charge in [0.15, 0.2) is 0 Å². The molecule has 1 amide bonds. The average Bonchev–Trinajstić information content (AvgIpc) is 2.86. The molecule has 5 nitrogen and oxygen atoms in total. The van der Waals surface area contributed by atoms with Crippen LogP contribution in [0, 0.1) is 5.92 Å². The van der Waals surface area contributed by atoms with Crippen molar-refractivity contribution in [1.29, 1.82) is 0 Å². The molecule has 0 spiro atoms. The molecule has 2 heterocycles. The van der Waals surface area contributed by atoms with Crippen molar-refractivity contribution in [2.45, 2.75) is 19.8 Å². The highest BCUT2D eigenvalue weighted by Crippen LogP contribution is 2.27. The van der Waals surface area contributed by atoms with E-state index in [0.717, 1.165) is 38.2 Å². The summed E-state index contributed by atoms with van der Waals surface area (Å²) in [6.07, 6.45) is 2.05. The molecule has 2 N–H and O–H groups in total. The third kappa shape index (κ3) is 3.70. The molecule has 1 aromatic heterocycles. The fourth-order valence-corrected chi connectivity index (χ4v) is 3.04. The Hall–Kier alpha value is -1.56. The highest BCUT2D eigenvalue weighted by molar-refractivity contribution is 7.12. The van der Waals surface area contributed by atoms with Crippen LogP contribution in [0.15, 0.2) is 11.4 Å². The first-order valence-corrected chi connectivity index (χ1v) is 7.25. The van der Waals surface area contributed by atoms with E-state index >= 15 is 0 Å². The lowest BCUT2D eigenvalue weighted by molar-refractivity contribution is -0.119. The normalized spacial score (nSPS) is 16.4. The number of amides is 1. The summed E-state index contributed by atoms with van der Waals surface area (Å²) in [5, 5.41) is 13.7. The van der Waals surface area contributed by atoms with E-state index in [9.17, 15) is 9.59 Å². The predicted molar refractivity (Wildman–Crippen MR) is 74.9 cm³/mol. The fourth-order valence-electron chi connectivity index (χ4n) is 2.29. The van der Waals surface area contributed by atoms with Gasteiger partial charge in [0.2, 0.25) is 5.91 Å². The minimum atomic E-state index is -0.864. The van der Waals surface area contributed by atoms with Crippen LogP contribution < -0.4 is 10.2 Å². The molecule has 2 rings (SSSR count). The zero-order valence-electron chi connectivity index (χ0n) is 10.9. The number of hydrogen-bond donors (Lipinski definition) is 2. The Kier molecular flexibility index (Phi) is 4.42. The predicted octanol–water partition coefficient (Wildman–Crippen LogP) is 1.80. The van der Waals surface area contributed by atoms with E-state index in [4.69, 9.17) is 5.11 Å². The Morgan fingerprint density at radius 1 is 1.47 bits per heavy atom. The van der Waals surface area contributed by atoms with Gasteiger partial charge in [0.1, 0.15) is 4.88 Å². The van der Waals surface area contributed by atoms with Gasteiger partial charge < -0.3 is 15.3 Å². The van der Waals surface area contributed by atoms with E-state index in [1.807, 2.05) is 5.38 Å². The molecule has 0 aromatic carbocycles. The number of anilines is 1. The first-order valence-electron chi connectivity index (χ1n) is 6.37. The lowest BCUT2D eigenvalue weighted by Gasteiger charge is -2.32. The Labute approximate surface area is 116 Å². The Morgan fingerprint density at radius 3 is 2.68 bits per heavy atom. The summed E-state index contributed by atoms with van der Waals surface area (Å²) in [6, 6.07) is 1.74. The van der Waals surface area contributed by atoms with E-state index in [-0.39, 0.29) is 5.91 Å². The van der Waals surface area contributed by atoms with Gasteiger partial charge in [-0.1, -0.05) is 0 Å². The molecule has 0 saturated carbocycles. The minimum Gasteiger partial charge on any atom is -0.477 e. The van der Waals surface area contributed by atoms with Gasteiger partial charge in [-0.15, -0.1) is 11.3 Å². The monoisotopic (exact) mass is 282 g/mol. The zero-order chi connectivity index (χ0) is 13.8. The number of rotatable bonds is 4. The number of piperidine rings is 1. The van der Waals surface area contributed by atoms with Crippen LogP contribution in [0.4, 0.5) is 5.69 Å². The van der Waals surface area contributed by atoms with Gasteiger partial charge in [0.05, 0.1) is 0 Å². The van der Waals surface area contributed by atoms with Crippen LogP contribution in [-0.4, -0.2) is 36.6 Å². The fraction of sp³-hybridized carbons (Fsp3) is 0.538. The standard InChI is InChI=1S/C13H18N2O3S/c1-9(16)14-7-10-2-4-15(5-3-10)11-6-12(13(17)18)19-8-11/h6,8,10H,2-5,7H2,1H3,(H,14,16)(H,17,18). The van der Waals surface area contributed by atoms with Gasteiger partial charge in [0, 0.05) is 37.6 Å². The third-order valence-corrected chi connectivity index (χ3v) is 4.32. The lowest BCUT2D eigenvalue weighted by Crippen LogP contribution is -2.38. The second-order valence-electron chi connectivity index (χ2n) is 4.84.